The van der Waals surface area contributed by atoms with E-state index in [0.717, 1.165) is 22.8 Å². The van der Waals surface area contributed by atoms with Crippen LogP contribution in [0, 0.1) is 6.92 Å². The Balaban J connectivity index is 1.52. The summed E-state index contributed by atoms with van der Waals surface area (Å²) < 4.78 is 12.8. The van der Waals surface area contributed by atoms with E-state index in [2.05, 4.69) is 10.3 Å². The Bertz CT molecular complexity index is 1280. The van der Waals surface area contributed by atoms with E-state index in [1.54, 1.807) is 25.4 Å². The number of imidazole rings is 1. The molecule has 1 saturated heterocycles. The molecule has 2 aromatic heterocycles. The number of aryl methyl sites for hydroxylation is 2. The highest BCUT2D eigenvalue weighted by atomic mass is 16.5. The molecule has 0 bridgehead atoms. The van der Waals surface area contributed by atoms with Gasteiger partial charge in [-0.1, -0.05) is 6.92 Å². The van der Waals surface area contributed by atoms with Crippen molar-refractivity contribution in [3.63, 3.8) is 0 Å². The van der Waals surface area contributed by atoms with Gasteiger partial charge in [-0.15, -0.1) is 0 Å². The second-order valence-corrected chi connectivity index (χ2v) is 8.99. The zero-order chi connectivity index (χ0) is 25.4. The Kier molecular flexibility index (Phi) is 6.50. The summed E-state index contributed by atoms with van der Waals surface area (Å²) in [6.45, 7) is 5.09. The second-order valence-electron chi connectivity index (χ2n) is 8.99. The molecule has 3 aromatic rings. The molecule has 2 N–H and O–H groups in total. The van der Waals surface area contributed by atoms with Gasteiger partial charge in [-0.05, 0) is 25.5 Å². The number of aliphatic hydroxyl groups excluding tert-OH is 1. The van der Waals surface area contributed by atoms with Gasteiger partial charge in [0.15, 0.2) is 5.82 Å². The molecule has 2 unspecified atom stereocenters. The van der Waals surface area contributed by atoms with E-state index in [0.29, 0.717) is 55.7 Å². The van der Waals surface area contributed by atoms with E-state index in [-0.39, 0.29) is 5.91 Å². The minimum atomic E-state index is -0.589. The molecular formula is C25H31N7O4. The number of nitrogens with one attached hydrogen (secondary N) is 1. The summed E-state index contributed by atoms with van der Waals surface area (Å²) in [6, 6.07) is 5.31. The number of hydrogen-bond acceptors (Lipinski definition) is 9. The zero-order valence-corrected chi connectivity index (χ0v) is 20.9. The number of carbonyl (C=O) groups is 1. The monoisotopic (exact) mass is 493 g/mol. The van der Waals surface area contributed by atoms with Crippen LogP contribution < -0.4 is 19.9 Å². The van der Waals surface area contributed by atoms with Gasteiger partial charge in [-0.3, -0.25) is 4.79 Å². The Hall–Kier alpha value is -3.70. The largest absolute Gasteiger partial charge is 0.494 e. The minimum absolute atomic E-state index is 0.0508. The van der Waals surface area contributed by atoms with Gasteiger partial charge >= 0.3 is 0 Å². The van der Waals surface area contributed by atoms with E-state index < -0.39 is 12.1 Å². The predicted molar refractivity (Wildman–Crippen MR) is 136 cm³/mol. The van der Waals surface area contributed by atoms with Crippen molar-refractivity contribution in [1.82, 2.24) is 19.5 Å². The van der Waals surface area contributed by atoms with Crippen LogP contribution in [0.5, 0.6) is 5.75 Å². The van der Waals surface area contributed by atoms with E-state index in [1.807, 2.05) is 47.7 Å². The molecule has 0 saturated carbocycles. The van der Waals surface area contributed by atoms with Crippen molar-refractivity contribution < 1.29 is 19.4 Å². The minimum Gasteiger partial charge on any atom is -0.494 e. The summed E-state index contributed by atoms with van der Waals surface area (Å²) >= 11 is 0. The molecule has 0 spiro atoms. The number of benzene rings is 1. The molecule has 4 heterocycles. The molecule has 0 aliphatic carbocycles. The first-order chi connectivity index (χ1) is 17.4. The van der Waals surface area contributed by atoms with Gasteiger partial charge in [0.1, 0.15) is 17.5 Å². The summed E-state index contributed by atoms with van der Waals surface area (Å²) in [6.07, 6.45) is 4.08. The van der Waals surface area contributed by atoms with Crippen molar-refractivity contribution in [2.24, 2.45) is 0 Å². The van der Waals surface area contributed by atoms with Crippen molar-refractivity contribution in [3.8, 4) is 11.4 Å². The molecular weight excluding hydrogens is 462 g/mol. The third kappa shape index (κ3) is 4.24. The van der Waals surface area contributed by atoms with Gasteiger partial charge < -0.3 is 34.3 Å². The maximum absolute atomic E-state index is 13.3. The van der Waals surface area contributed by atoms with Gasteiger partial charge in [-0.25, -0.2) is 9.97 Å². The lowest BCUT2D eigenvalue weighted by Crippen LogP contribution is -2.52. The summed E-state index contributed by atoms with van der Waals surface area (Å²) in [5, 5.41) is 13.7. The lowest BCUT2D eigenvalue weighted by atomic mass is 10.1. The molecule has 190 valence electrons. The molecule has 5 rings (SSSR count). The normalized spacial score (nSPS) is 18.9. The van der Waals surface area contributed by atoms with Gasteiger partial charge in [0.2, 0.25) is 11.9 Å². The first-order valence-corrected chi connectivity index (χ1v) is 12.1. The number of ether oxygens (including phenoxy) is 2. The van der Waals surface area contributed by atoms with E-state index in [9.17, 15) is 9.90 Å². The number of amides is 1. The molecule has 11 nitrogen and oxygen atoms in total. The highest BCUT2D eigenvalue weighted by Crippen LogP contribution is 2.41. The third-order valence-electron chi connectivity index (χ3n) is 6.59. The van der Waals surface area contributed by atoms with Crippen LogP contribution in [0.1, 0.15) is 24.7 Å². The maximum atomic E-state index is 13.3. The number of nitrogens with zero attached hydrogens (tertiary/aromatic N) is 6. The quantitative estimate of drug-likeness (QED) is 0.487. The Labute approximate surface area is 209 Å². The zero-order valence-electron chi connectivity index (χ0n) is 20.9. The fourth-order valence-corrected chi connectivity index (χ4v) is 4.89. The number of hydrogen-bond donors (Lipinski definition) is 2. The van der Waals surface area contributed by atoms with Crippen LogP contribution in [-0.4, -0.2) is 76.6 Å². The van der Waals surface area contributed by atoms with Crippen LogP contribution in [0.25, 0.3) is 5.69 Å². The molecule has 2 aliphatic heterocycles. The number of methoxy groups -OCH3 is 2. The number of rotatable bonds is 8. The van der Waals surface area contributed by atoms with Crippen molar-refractivity contribution in [3.05, 3.63) is 42.1 Å². The molecule has 1 amide bonds. The molecule has 36 heavy (non-hydrogen) atoms. The highest BCUT2D eigenvalue weighted by molar-refractivity contribution is 6.06. The van der Waals surface area contributed by atoms with Crippen LogP contribution in [0.15, 0.2) is 30.7 Å². The molecule has 0 radical (unpaired) electrons. The number of aliphatic hydroxyl groups is 1. The maximum Gasteiger partial charge on any atom is 0.250 e. The fraction of sp³-hybridized carbons (Fsp3) is 0.440. The van der Waals surface area contributed by atoms with E-state index in [4.69, 9.17) is 19.4 Å². The first kappa shape index (κ1) is 24.0. The number of fused-ring (bicyclic) bond motifs is 3. The van der Waals surface area contributed by atoms with Gasteiger partial charge in [0.25, 0.3) is 0 Å². The van der Waals surface area contributed by atoms with Gasteiger partial charge in [0.05, 0.1) is 43.2 Å². The number of aromatic nitrogens is 4. The molecule has 2 atom stereocenters. The second kappa shape index (κ2) is 9.75. The lowest BCUT2D eigenvalue weighted by molar-refractivity contribution is -0.120. The topological polar surface area (TPSA) is 118 Å². The Morgan fingerprint density at radius 1 is 1.25 bits per heavy atom. The Morgan fingerprint density at radius 3 is 2.78 bits per heavy atom. The van der Waals surface area contributed by atoms with Crippen LogP contribution in [0.4, 0.5) is 23.1 Å². The smallest absolute Gasteiger partial charge is 0.250 e. The van der Waals surface area contributed by atoms with Crippen molar-refractivity contribution in [1.29, 1.82) is 0 Å². The highest BCUT2D eigenvalue weighted by Gasteiger charge is 2.46. The fourth-order valence-electron chi connectivity index (χ4n) is 4.89. The lowest BCUT2D eigenvalue weighted by Gasteiger charge is -2.39. The molecule has 1 aromatic carbocycles. The predicted octanol–water partition coefficient (Wildman–Crippen LogP) is 2.22. The summed E-state index contributed by atoms with van der Waals surface area (Å²) in [4.78, 5) is 30.8. The van der Waals surface area contributed by atoms with Crippen LogP contribution in [0.2, 0.25) is 0 Å². The van der Waals surface area contributed by atoms with Gasteiger partial charge in [-0.2, -0.15) is 4.98 Å². The van der Waals surface area contributed by atoms with Crippen LogP contribution in [-0.2, 0) is 16.0 Å². The van der Waals surface area contributed by atoms with E-state index in [1.165, 1.54) is 0 Å². The average molecular weight is 494 g/mol. The summed E-state index contributed by atoms with van der Waals surface area (Å²) in [5.74, 6) is 1.69. The van der Waals surface area contributed by atoms with Crippen molar-refractivity contribution in [2.45, 2.75) is 38.8 Å². The Morgan fingerprint density at radius 2 is 2.08 bits per heavy atom. The average Bonchev–Trinajstić information content (AvgIpc) is 3.49. The van der Waals surface area contributed by atoms with Crippen LogP contribution >= 0.6 is 0 Å². The van der Waals surface area contributed by atoms with E-state index >= 15 is 0 Å². The van der Waals surface area contributed by atoms with Crippen molar-refractivity contribution >= 4 is 29.0 Å². The number of anilines is 4. The van der Waals surface area contributed by atoms with Crippen molar-refractivity contribution in [2.75, 3.05) is 49.0 Å². The molecule has 2 aliphatic rings. The SMILES string of the molecule is CCc1nc(Nc2ccc(-n3cnc(C)c3)c(OC)c2)nc2c1N(CCOC)C(=O)C1CC(O)CN21. The summed E-state index contributed by atoms with van der Waals surface area (Å²) in [7, 11) is 3.24. The standard InChI is InChI=1S/C25H31N7O4/c1-5-18-22-23(32-13-17(33)11-20(32)24(34)31(22)8-9-35-3)29-25(28-18)27-16-6-7-19(21(10-16)36-4)30-12-15(2)26-14-30/h6-7,10,12,14,17,20,33H,5,8-9,11,13H2,1-4H3,(H,27,28,29). The molecule has 1 fully saturated rings. The molecule has 11 heteroatoms. The number of carbonyl (C=O) groups excluding carboxylic acids is 1. The summed E-state index contributed by atoms with van der Waals surface area (Å²) in [5.41, 5.74) is 3.99. The first-order valence-electron chi connectivity index (χ1n) is 12.1. The third-order valence-corrected chi connectivity index (χ3v) is 6.59. The van der Waals surface area contributed by atoms with Gasteiger partial charge in [0, 0.05) is 44.6 Å². The van der Waals surface area contributed by atoms with Crippen LogP contribution in [0.3, 0.4) is 0 Å².